The maximum absolute atomic E-state index is 5.72. The van der Waals surface area contributed by atoms with E-state index < -0.39 is 0 Å². The third-order valence-electron chi connectivity index (χ3n) is 3.13. The molecule has 2 aromatic carbocycles. The molecule has 3 heteroatoms. The highest BCUT2D eigenvalue weighted by Gasteiger charge is 2.30. The molecular formula is C16H13BO2. The van der Waals surface area contributed by atoms with Gasteiger partial charge < -0.3 is 9.31 Å². The van der Waals surface area contributed by atoms with Crippen LogP contribution in [0.1, 0.15) is 11.1 Å². The second kappa shape index (κ2) is 5.11. The van der Waals surface area contributed by atoms with E-state index in [-0.39, 0.29) is 7.12 Å². The summed E-state index contributed by atoms with van der Waals surface area (Å²) in [4.78, 5) is 0. The lowest BCUT2D eigenvalue weighted by atomic mass is 9.81. The van der Waals surface area contributed by atoms with Gasteiger partial charge in [-0.05, 0) is 36.2 Å². The van der Waals surface area contributed by atoms with Crippen molar-refractivity contribution in [3.8, 4) is 23.8 Å². The molecule has 0 bridgehead atoms. The van der Waals surface area contributed by atoms with Crippen molar-refractivity contribution >= 4 is 7.12 Å². The fourth-order valence-corrected chi connectivity index (χ4v) is 2.17. The molecule has 0 saturated carbocycles. The van der Waals surface area contributed by atoms with Crippen molar-refractivity contribution in [2.45, 2.75) is 12.7 Å². The molecule has 1 aliphatic heterocycles. The fourth-order valence-electron chi connectivity index (χ4n) is 2.17. The molecule has 0 unspecified atom stereocenters. The van der Waals surface area contributed by atoms with Gasteiger partial charge in [0.05, 0.1) is 0 Å². The number of aryl methyl sites for hydroxylation is 1. The van der Waals surface area contributed by atoms with Gasteiger partial charge in [-0.3, -0.25) is 0 Å². The van der Waals surface area contributed by atoms with Crippen LogP contribution in [0.4, 0.5) is 0 Å². The first-order chi connectivity index (χ1) is 9.35. The van der Waals surface area contributed by atoms with E-state index in [4.69, 9.17) is 15.7 Å². The van der Waals surface area contributed by atoms with E-state index in [1.807, 2.05) is 42.5 Å². The van der Waals surface area contributed by atoms with Crippen LogP contribution in [-0.4, -0.2) is 7.12 Å². The highest BCUT2D eigenvalue weighted by molar-refractivity contribution is 6.47. The summed E-state index contributed by atoms with van der Waals surface area (Å²) in [6.07, 6.45) is 7.09. The maximum atomic E-state index is 5.72. The molecule has 2 nitrogen and oxygen atoms in total. The van der Waals surface area contributed by atoms with Crippen LogP contribution in [0.5, 0.6) is 11.5 Å². The van der Waals surface area contributed by atoms with Crippen LogP contribution in [0.25, 0.3) is 0 Å². The van der Waals surface area contributed by atoms with Gasteiger partial charge in [-0.15, -0.1) is 6.42 Å². The van der Waals surface area contributed by atoms with Gasteiger partial charge in [0.2, 0.25) is 0 Å². The topological polar surface area (TPSA) is 18.5 Å². The van der Waals surface area contributed by atoms with Gasteiger partial charge in [-0.25, -0.2) is 0 Å². The van der Waals surface area contributed by atoms with Crippen molar-refractivity contribution in [1.29, 1.82) is 0 Å². The highest BCUT2D eigenvalue weighted by atomic mass is 16.6. The summed E-state index contributed by atoms with van der Waals surface area (Å²) < 4.78 is 11.4. The number of fused-ring (bicyclic) bond motifs is 1. The molecule has 0 saturated heterocycles. The molecule has 0 aliphatic carbocycles. The Morgan fingerprint density at radius 2 is 1.74 bits per heavy atom. The minimum Gasteiger partial charge on any atom is -0.523 e. The average molecular weight is 248 g/mol. The van der Waals surface area contributed by atoms with Gasteiger partial charge in [-0.1, -0.05) is 30.2 Å². The summed E-state index contributed by atoms with van der Waals surface area (Å²) in [7, 11) is -0.202. The SMILES string of the molecule is C#Cc1cccc(CCB2Oc3ccccc3O2)c1. The third-order valence-corrected chi connectivity index (χ3v) is 3.13. The number of hydrogen-bond donors (Lipinski definition) is 0. The molecule has 0 fully saturated rings. The molecule has 0 amide bonds. The lowest BCUT2D eigenvalue weighted by Gasteiger charge is -2.05. The van der Waals surface area contributed by atoms with E-state index in [0.717, 1.165) is 29.8 Å². The zero-order valence-electron chi connectivity index (χ0n) is 10.5. The quantitative estimate of drug-likeness (QED) is 0.613. The summed E-state index contributed by atoms with van der Waals surface area (Å²) in [5, 5.41) is 0. The molecule has 92 valence electrons. The van der Waals surface area contributed by atoms with E-state index in [9.17, 15) is 0 Å². The standard InChI is InChI=1S/C16H13BO2/c1-2-13-6-5-7-14(12-13)10-11-17-18-15-8-3-4-9-16(15)19-17/h1,3-9,12H,10-11H2. The third kappa shape index (κ3) is 2.58. The Balaban J connectivity index is 1.61. The highest BCUT2D eigenvalue weighted by Crippen LogP contribution is 2.33. The zero-order valence-corrected chi connectivity index (χ0v) is 10.5. The number of terminal acetylenes is 1. The first kappa shape index (κ1) is 11.7. The first-order valence-corrected chi connectivity index (χ1v) is 6.33. The van der Waals surface area contributed by atoms with Crippen LogP contribution in [0.2, 0.25) is 6.32 Å². The van der Waals surface area contributed by atoms with Gasteiger partial charge in [-0.2, -0.15) is 0 Å². The minimum atomic E-state index is -0.202. The summed E-state index contributed by atoms with van der Waals surface area (Å²) in [6.45, 7) is 0. The normalized spacial score (nSPS) is 12.3. The lowest BCUT2D eigenvalue weighted by Crippen LogP contribution is -2.24. The summed E-state index contributed by atoms with van der Waals surface area (Å²) in [5.41, 5.74) is 2.12. The average Bonchev–Trinajstić information content (AvgIpc) is 2.88. The summed E-state index contributed by atoms with van der Waals surface area (Å²) in [5.74, 6) is 4.29. The Kier molecular flexibility index (Phi) is 3.16. The van der Waals surface area contributed by atoms with Crippen molar-refractivity contribution in [2.75, 3.05) is 0 Å². The van der Waals surface area contributed by atoms with Crippen molar-refractivity contribution < 1.29 is 9.31 Å². The molecule has 19 heavy (non-hydrogen) atoms. The summed E-state index contributed by atoms with van der Waals surface area (Å²) in [6, 6.07) is 15.8. The molecule has 0 aromatic heterocycles. The van der Waals surface area contributed by atoms with Gasteiger partial charge in [0.15, 0.2) is 0 Å². The molecule has 0 N–H and O–H groups in total. The van der Waals surface area contributed by atoms with Crippen molar-refractivity contribution in [3.05, 3.63) is 59.7 Å². The Morgan fingerprint density at radius 3 is 2.42 bits per heavy atom. The van der Waals surface area contributed by atoms with Crippen LogP contribution in [0, 0.1) is 12.3 Å². The second-order valence-corrected chi connectivity index (χ2v) is 4.50. The first-order valence-electron chi connectivity index (χ1n) is 6.33. The second-order valence-electron chi connectivity index (χ2n) is 4.50. The van der Waals surface area contributed by atoms with E-state index >= 15 is 0 Å². The predicted molar refractivity (Wildman–Crippen MR) is 76.3 cm³/mol. The fraction of sp³-hybridized carbons (Fsp3) is 0.125. The van der Waals surface area contributed by atoms with E-state index in [1.54, 1.807) is 0 Å². The van der Waals surface area contributed by atoms with Crippen LogP contribution in [0.3, 0.4) is 0 Å². The van der Waals surface area contributed by atoms with Gasteiger partial charge in [0.25, 0.3) is 0 Å². The Bertz CT molecular complexity index is 606. The lowest BCUT2D eigenvalue weighted by molar-refractivity contribution is 0.496. The molecule has 3 rings (SSSR count). The monoisotopic (exact) mass is 248 g/mol. The largest absolute Gasteiger partial charge is 0.595 e. The summed E-state index contributed by atoms with van der Waals surface area (Å²) >= 11 is 0. The minimum absolute atomic E-state index is 0.202. The zero-order chi connectivity index (χ0) is 13.1. The molecule has 0 radical (unpaired) electrons. The molecular weight excluding hydrogens is 235 g/mol. The Labute approximate surface area is 113 Å². The van der Waals surface area contributed by atoms with Gasteiger partial charge in [0.1, 0.15) is 11.5 Å². The smallest absolute Gasteiger partial charge is 0.523 e. The van der Waals surface area contributed by atoms with Crippen LogP contribution in [0.15, 0.2) is 48.5 Å². The van der Waals surface area contributed by atoms with E-state index in [1.165, 1.54) is 5.56 Å². The maximum Gasteiger partial charge on any atom is 0.595 e. The Morgan fingerprint density at radius 1 is 1.00 bits per heavy atom. The van der Waals surface area contributed by atoms with Crippen molar-refractivity contribution in [3.63, 3.8) is 0 Å². The number of rotatable bonds is 3. The van der Waals surface area contributed by atoms with E-state index in [2.05, 4.69) is 12.0 Å². The van der Waals surface area contributed by atoms with Gasteiger partial charge in [0, 0.05) is 11.9 Å². The number of para-hydroxylation sites is 2. The molecule has 0 atom stereocenters. The van der Waals surface area contributed by atoms with E-state index in [0.29, 0.717) is 0 Å². The molecule has 1 heterocycles. The van der Waals surface area contributed by atoms with Crippen LogP contribution in [-0.2, 0) is 6.42 Å². The number of hydrogen-bond acceptors (Lipinski definition) is 2. The van der Waals surface area contributed by atoms with Gasteiger partial charge >= 0.3 is 7.12 Å². The molecule has 1 aliphatic rings. The molecule has 2 aromatic rings. The van der Waals surface area contributed by atoms with Crippen LogP contribution >= 0.6 is 0 Å². The van der Waals surface area contributed by atoms with Crippen molar-refractivity contribution in [1.82, 2.24) is 0 Å². The molecule has 0 spiro atoms. The van der Waals surface area contributed by atoms with Crippen LogP contribution < -0.4 is 9.31 Å². The van der Waals surface area contributed by atoms with Crippen molar-refractivity contribution in [2.24, 2.45) is 0 Å². The Hall–Kier alpha value is -2.34. The predicted octanol–water partition coefficient (Wildman–Crippen LogP) is 3.17. The number of benzene rings is 2.